The first-order chi connectivity index (χ1) is 5.18. The molecule has 0 saturated carbocycles. The van der Waals surface area contributed by atoms with Crippen LogP contribution in [0.25, 0.3) is 0 Å². The standard InChI is InChI=1S/C4H11N.C3H7NO2/c1-3-5-4-2;1-4-2-3(5)6/h5H,3-4H2,1-2H3;4H,2H2,1H3,(H,5,6). The molecule has 11 heavy (non-hydrogen) atoms. The maximum Gasteiger partial charge on any atom is 0.317 e. The van der Waals surface area contributed by atoms with E-state index in [1.54, 1.807) is 7.05 Å². The number of hydrogen-bond acceptors (Lipinski definition) is 3. The second-order valence-corrected chi connectivity index (χ2v) is 1.88. The number of nitrogens with one attached hydrogen (secondary N) is 2. The zero-order chi connectivity index (χ0) is 9.11. The lowest BCUT2D eigenvalue weighted by atomic mass is 10.7. The minimum atomic E-state index is -0.822. The van der Waals surface area contributed by atoms with E-state index in [0.717, 1.165) is 13.1 Å². The Morgan fingerprint density at radius 1 is 1.36 bits per heavy atom. The van der Waals surface area contributed by atoms with Crippen LogP contribution in [0.15, 0.2) is 0 Å². The molecule has 0 aliphatic carbocycles. The Kier molecular flexibility index (Phi) is 14.3. The lowest BCUT2D eigenvalue weighted by Gasteiger charge is -1.86. The van der Waals surface area contributed by atoms with Gasteiger partial charge in [0.1, 0.15) is 0 Å². The van der Waals surface area contributed by atoms with E-state index >= 15 is 0 Å². The van der Waals surface area contributed by atoms with Crippen LogP contribution in [-0.4, -0.2) is 37.8 Å². The number of carboxylic acid groups (broad SMARTS) is 1. The number of aliphatic carboxylic acids is 1. The number of likely N-dealkylation sites (N-methyl/N-ethyl adjacent to an activating group) is 1. The Morgan fingerprint density at radius 3 is 1.82 bits per heavy atom. The summed E-state index contributed by atoms with van der Waals surface area (Å²) < 4.78 is 0. The van der Waals surface area contributed by atoms with Crippen LogP contribution in [0.5, 0.6) is 0 Å². The fourth-order valence-corrected chi connectivity index (χ4v) is 0.401. The van der Waals surface area contributed by atoms with E-state index in [4.69, 9.17) is 5.11 Å². The van der Waals surface area contributed by atoms with Crippen molar-refractivity contribution in [2.75, 3.05) is 26.7 Å². The minimum absolute atomic E-state index is 0.0417. The Bertz CT molecular complexity index is 84.5. The first kappa shape index (κ1) is 13.0. The normalized spacial score (nSPS) is 8.27. The Labute approximate surface area is 68.0 Å². The highest BCUT2D eigenvalue weighted by Crippen LogP contribution is 1.50. The van der Waals surface area contributed by atoms with E-state index in [-0.39, 0.29) is 6.54 Å². The molecule has 0 unspecified atom stereocenters. The van der Waals surface area contributed by atoms with E-state index in [0.29, 0.717) is 0 Å². The molecular formula is C7H18N2O2. The SMILES string of the molecule is CCNCC.CNCC(=O)O. The largest absolute Gasteiger partial charge is 0.480 e. The van der Waals surface area contributed by atoms with Gasteiger partial charge in [0.15, 0.2) is 0 Å². The number of rotatable bonds is 4. The second-order valence-electron chi connectivity index (χ2n) is 1.88. The second kappa shape index (κ2) is 12.1. The summed E-state index contributed by atoms with van der Waals surface area (Å²) in [6.07, 6.45) is 0. The predicted octanol–water partition coefficient (Wildman–Crippen LogP) is -0.0938. The molecule has 0 fully saturated rings. The van der Waals surface area contributed by atoms with Crippen LogP contribution in [0, 0.1) is 0 Å². The number of carboxylic acids is 1. The van der Waals surface area contributed by atoms with Crippen LogP contribution >= 0.6 is 0 Å². The molecule has 0 aromatic rings. The van der Waals surface area contributed by atoms with Gasteiger partial charge in [0, 0.05) is 0 Å². The van der Waals surface area contributed by atoms with Crippen molar-refractivity contribution in [3.63, 3.8) is 0 Å². The summed E-state index contributed by atoms with van der Waals surface area (Å²) in [4.78, 5) is 9.54. The smallest absolute Gasteiger partial charge is 0.317 e. The lowest BCUT2D eigenvalue weighted by molar-refractivity contribution is -0.135. The topological polar surface area (TPSA) is 61.4 Å². The first-order valence-corrected chi connectivity index (χ1v) is 3.76. The van der Waals surface area contributed by atoms with Gasteiger partial charge in [0.05, 0.1) is 6.54 Å². The van der Waals surface area contributed by atoms with Crippen LogP contribution in [0.2, 0.25) is 0 Å². The molecule has 0 atom stereocenters. The maximum absolute atomic E-state index is 9.54. The third-order valence-electron chi connectivity index (χ3n) is 0.828. The average molecular weight is 162 g/mol. The van der Waals surface area contributed by atoms with E-state index < -0.39 is 5.97 Å². The Morgan fingerprint density at radius 2 is 1.82 bits per heavy atom. The molecule has 0 aliphatic heterocycles. The Hall–Kier alpha value is -0.610. The average Bonchev–Trinajstić information content (AvgIpc) is 1.90. The summed E-state index contributed by atoms with van der Waals surface area (Å²) in [5.74, 6) is -0.822. The third-order valence-corrected chi connectivity index (χ3v) is 0.828. The molecular weight excluding hydrogens is 144 g/mol. The highest BCUT2D eigenvalue weighted by Gasteiger charge is 1.86. The monoisotopic (exact) mass is 162 g/mol. The van der Waals surface area contributed by atoms with Crippen molar-refractivity contribution in [1.29, 1.82) is 0 Å². The summed E-state index contributed by atoms with van der Waals surface area (Å²) in [6, 6.07) is 0. The summed E-state index contributed by atoms with van der Waals surface area (Å²) in [5, 5.41) is 13.4. The number of carbonyl (C=O) groups is 1. The molecule has 0 aromatic heterocycles. The molecule has 68 valence electrons. The van der Waals surface area contributed by atoms with Crippen molar-refractivity contribution in [2.45, 2.75) is 13.8 Å². The van der Waals surface area contributed by atoms with Gasteiger partial charge in [-0.25, -0.2) is 0 Å². The molecule has 4 nitrogen and oxygen atoms in total. The molecule has 0 spiro atoms. The lowest BCUT2D eigenvalue weighted by Crippen LogP contribution is -2.16. The fraction of sp³-hybridized carbons (Fsp3) is 0.857. The minimum Gasteiger partial charge on any atom is -0.480 e. The van der Waals surface area contributed by atoms with Crippen molar-refractivity contribution in [2.24, 2.45) is 0 Å². The first-order valence-electron chi connectivity index (χ1n) is 3.76. The molecule has 0 bridgehead atoms. The van der Waals surface area contributed by atoms with Crippen LogP contribution in [0.1, 0.15) is 13.8 Å². The van der Waals surface area contributed by atoms with Crippen LogP contribution < -0.4 is 10.6 Å². The van der Waals surface area contributed by atoms with E-state index in [1.807, 2.05) is 0 Å². The zero-order valence-corrected chi connectivity index (χ0v) is 7.48. The van der Waals surface area contributed by atoms with Crippen molar-refractivity contribution < 1.29 is 9.90 Å². The van der Waals surface area contributed by atoms with E-state index in [9.17, 15) is 4.79 Å². The maximum atomic E-state index is 9.54. The highest BCUT2D eigenvalue weighted by molar-refractivity contribution is 5.68. The molecule has 0 radical (unpaired) electrons. The molecule has 0 amide bonds. The van der Waals surface area contributed by atoms with Crippen LogP contribution in [-0.2, 0) is 4.79 Å². The van der Waals surface area contributed by atoms with E-state index in [2.05, 4.69) is 24.5 Å². The van der Waals surface area contributed by atoms with Gasteiger partial charge in [-0.2, -0.15) is 0 Å². The third kappa shape index (κ3) is 26.6. The fourth-order valence-electron chi connectivity index (χ4n) is 0.401. The van der Waals surface area contributed by atoms with Crippen LogP contribution in [0.4, 0.5) is 0 Å². The van der Waals surface area contributed by atoms with Gasteiger partial charge < -0.3 is 15.7 Å². The quantitative estimate of drug-likeness (QED) is 0.540. The summed E-state index contributed by atoms with van der Waals surface area (Å²) in [6.45, 7) is 6.43. The zero-order valence-electron chi connectivity index (χ0n) is 7.48. The van der Waals surface area contributed by atoms with Crippen molar-refractivity contribution >= 4 is 5.97 Å². The molecule has 4 heteroatoms. The predicted molar refractivity (Wildman–Crippen MR) is 45.8 cm³/mol. The molecule has 0 saturated heterocycles. The van der Waals surface area contributed by atoms with Gasteiger partial charge in [-0.05, 0) is 20.1 Å². The van der Waals surface area contributed by atoms with Gasteiger partial charge >= 0.3 is 5.97 Å². The van der Waals surface area contributed by atoms with Crippen LogP contribution in [0.3, 0.4) is 0 Å². The molecule has 0 rings (SSSR count). The summed E-state index contributed by atoms with van der Waals surface area (Å²) >= 11 is 0. The van der Waals surface area contributed by atoms with Crippen molar-refractivity contribution in [3.8, 4) is 0 Å². The summed E-state index contributed by atoms with van der Waals surface area (Å²) in [7, 11) is 1.59. The van der Waals surface area contributed by atoms with Gasteiger partial charge in [-0.3, -0.25) is 4.79 Å². The molecule has 0 aliphatic rings. The molecule has 3 N–H and O–H groups in total. The van der Waals surface area contributed by atoms with Gasteiger partial charge in [0.25, 0.3) is 0 Å². The van der Waals surface area contributed by atoms with Crippen molar-refractivity contribution in [1.82, 2.24) is 10.6 Å². The van der Waals surface area contributed by atoms with Gasteiger partial charge in [0.2, 0.25) is 0 Å². The molecule has 0 heterocycles. The van der Waals surface area contributed by atoms with Gasteiger partial charge in [-0.15, -0.1) is 0 Å². The Balaban J connectivity index is 0. The summed E-state index contributed by atoms with van der Waals surface area (Å²) in [5.41, 5.74) is 0. The molecule has 0 aromatic carbocycles. The van der Waals surface area contributed by atoms with Gasteiger partial charge in [-0.1, -0.05) is 13.8 Å². The number of hydrogen-bond donors (Lipinski definition) is 3. The van der Waals surface area contributed by atoms with E-state index in [1.165, 1.54) is 0 Å². The highest BCUT2D eigenvalue weighted by atomic mass is 16.4. The van der Waals surface area contributed by atoms with Crippen molar-refractivity contribution in [3.05, 3.63) is 0 Å².